The van der Waals surface area contributed by atoms with Crippen LogP contribution in [0.25, 0.3) is 11.3 Å². The lowest BCUT2D eigenvalue weighted by atomic mass is 10.1. The van der Waals surface area contributed by atoms with Gasteiger partial charge >= 0.3 is 0 Å². The first-order valence-corrected chi connectivity index (χ1v) is 8.65. The van der Waals surface area contributed by atoms with Crippen molar-refractivity contribution in [2.75, 3.05) is 19.0 Å². The number of amides is 1. The molecule has 0 unspecified atom stereocenters. The van der Waals surface area contributed by atoms with Gasteiger partial charge in [0.15, 0.2) is 5.13 Å². The number of nitrogens with one attached hydrogen (secondary N) is 1. The van der Waals surface area contributed by atoms with Crippen LogP contribution in [0.4, 0.5) is 9.52 Å². The maximum Gasteiger partial charge on any atom is 0.260 e. The highest BCUT2D eigenvalue weighted by Gasteiger charge is 2.13. The highest BCUT2D eigenvalue weighted by molar-refractivity contribution is 7.14. The lowest BCUT2D eigenvalue weighted by molar-refractivity contribution is 0.102. The Hall–Kier alpha value is -2.57. The van der Waals surface area contributed by atoms with E-state index in [-0.39, 0.29) is 5.56 Å². The Morgan fingerprint density at radius 3 is 2.68 bits per heavy atom. The predicted molar refractivity (Wildman–Crippen MR) is 97.5 cm³/mol. The maximum atomic E-state index is 13.7. The number of methoxy groups -OCH3 is 1. The molecule has 128 valence electrons. The summed E-state index contributed by atoms with van der Waals surface area (Å²) in [6.45, 7) is 0.683. The van der Waals surface area contributed by atoms with Crippen molar-refractivity contribution in [2.45, 2.75) is 6.42 Å². The van der Waals surface area contributed by atoms with Gasteiger partial charge in [-0.2, -0.15) is 0 Å². The molecule has 0 aliphatic carbocycles. The van der Waals surface area contributed by atoms with E-state index in [1.165, 1.54) is 29.0 Å². The van der Waals surface area contributed by atoms with Crippen molar-refractivity contribution in [2.24, 2.45) is 0 Å². The Morgan fingerprint density at radius 1 is 1.20 bits per heavy atom. The van der Waals surface area contributed by atoms with Crippen molar-refractivity contribution >= 4 is 22.4 Å². The summed E-state index contributed by atoms with van der Waals surface area (Å²) in [5, 5.41) is 4.94. The number of halogens is 1. The summed E-state index contributed by atoms with van der Waals surface area (Å²) in [6, 6.07) is 13.9. The smallest absolute Gasteiger partial charge is 0.260 e. The number of aromatic nitrogens is 1. The van der Waals surface area contributed by atoms with Gasteiger partial charge in [0, 0.05) is 18.1 Å². The summed E-state index contributed by atoms with van der Waals surface area (Å²) >= 11 is 1.31. The van der Waals surface area contributed by atoms with Crippen LogP contribution in [0.3, 0.4) is 0 Å². The van der Waals surface area contributed by atoms with Crippen LogP contribution < -0.4 is 5.32 Å². The van der Waals surface area contributed by atoms with E-state index in [4.69, 9.17) is 4.74 Å². The SMILES string of the molecule is COCCc1ccc(-c2csc(NC(=O)c3ccccc3F)n2)cc1. The number of carbonyl (C=O) groups excluding carboxylic acids is 1. The van der Waals surface area contributed by atoms with Gasteiger partial charge in [0.05, 0.1) is 17.9 Å². The highest BCUT2D eigenvalue weighted by atomic mass is 32.1. The average molecular weight is 356 g/mol. The molecule has 1 heterocycles. The zero-order valence-electron chi connectivity index (χ0n) is 13.7. The van der Waals surface area contributed by atoms with Crippen LogP contribution in [-0.4, -0.2) is 24.6 Å². The Bertz CT molecular complexity index is 862. The standard InChI is InChI=1S/C19H17FN2O2S/c1-24-11-10-13-6-8-14(9-7-13)17-12-25-19(21-17)22-18(23)15-4-2-3-5-16(15)20/h2-9,12H,10-11H2,1H3,(H,21,22,23). The number of ether oxygens (including phenoxy) is 1. The fourth-order valence-corrected chi connectivity index (χ4v) is 3.05. The fourth-order valence-electron chi connectivity index (χ4n) is 2.34. The quantitative estimate of drug-likeness (QED) is 0.713. The van der Waals surface area contributed by atoms with Crippen molar-refractivity contribution in [1.29, 1.82) is 0 Å². The number of hydrogen-bond donors (Lipinski definition) is 1. The Morgan fingerprint density at radius 2 is 1.96 bits per heavy atom. The molecule has 4 nitrogen and oxygen atoms in total. The van der Waals surface area contributed by atoms with E-state index < -0.39 is 11.7 Å². The molecule has 3 rings (SSSR count). The summed E-state index contributed by atoms with van der Waals surface area (Å²) < 4.78 is 18.7. The Kier molecular flexibility index (Phi) is 5.53. The molecule has 0 spiro atoms. The van der Waals surface area contributed by atoms with E-state index in [1.54, 1.807) is 19.2 Å². The molecule has 1 aromatic heterocycles. The zero-order chi connectivity index (χ0) is 17.6. The van der Waals surface area contributed by atoms with Crippen molar-refractivity contribution in [3.63, 3.8) is 0 Å². The first kappa shape index (κ1) is 17.3. The molecule has 3 aromatic rings. The third-order valence-corrected chi connectivity index (χ3v) is 4.45. The fraction of sp³-hybridized carbons (Fsp3) is 0.158. The molecule has 0 radical (unpaired) electrons. The average Bonchev–Trinajstić information content (AvgIpc) is 3.09. The van der Waals surface area contributed by atoms with Gasteiger partial charge in [0.25, 0.3) is 5.91 Å². The van der Waals surface area contributed by atoms with Crippen molar-refractivity contribution in [1.82, 2.24) is 4.98 Å². The van der Waals surface area contributed by atoms with E-state index in [0.717, 1.165) is 17.7 Å². The van der Waals surface area contributed by atoms with Crippen LogP contribution in [0.5, 0.6) is 0 Å². The predicted octanol–water partition coefficient (Wildman–Crippen LogP) is 4.39. The number of thiazole rings is 1. The number of rotatable bonds is 6. The van der Waals surface area contributed by atoms with Gasteiger partial charge in [-0.25, -0.2) is 9.37 Å². The lowest BCUT2D eigenvalue weighted by Crippen LogP contribution is -2.13. The Balaban J connectivity index is 1.70. The summed E-state index contributed by atoms with van der Waals surface area (Å²) in [7, 11) is 1.68. The first-order chi connectivity index (χ1) is 12.2. The molecule has 0 saturated carbocycles. The zero-order valence-corrected chi connectivity index (χ0v) is 14.5. The second kappa shape index (κ2) is 8.00. The van der Waals surface area contributed by atoms with Crippen LogP contribution in [0.2, 0.25) is 0 Å². The number of carbonyl (C=O) groups is 1. The van der Waals surface area contributed by atoms with E-state index in [2.05, 4.69) is 10.3 Å². The second-order valence-electron chi connectivity index (χ2n) is 5.41. The second-order valence-corrected chi connectivity index (χ2v) is 6.27. The largest absolute Gasteiger partial charge is 0.384 e. The van der Waals surface area contributed by atoms with Crippen molar-refractivity contribution < 1.29 is 13.9 Å². The minimum atomic E-state index is -0.552. The van der Waals surface area contributed by atoms with Crippen LogP contribution >= 0.6 is 11.3 Å². The molecular weight excluding hydrogens is 339 g/mol. The number of hydrogen-bond acceptors (Lipinski definition) is 4. The third kappa shape index (κ3) is 4.29. The number of nitrogens with zero attached hydrogens (tertiary/aromatic N) is 1. The van der Waals surface area contributed by atoms with Gasteiger partial charge in [-0.05, 0) is 24.1 Å². The molecule has 0 atom stereocenters. The molecular formula is C19H17FN2O2S. The van der Waals surface area contributed by atoms with Crippen LogP contribution in [-0.2, 0) is 11.2 Å². The number of benzene rings is 2. The van der Waals surface area contributed by atoms with Gasteiger partial charge in [-0.15, -0.1) is 11.3 Å². The van der Waals surface area contributed by atoms with Crippen LogP contribution in [0.15, 0.2) is 53.9 Å². The molecule has 0 fully saturated rings. The lowest BCUT2D eigenvalue weighted by Gasteiger charge is -2.03. The minimum absolute atomic E-state index is 0.00162. The summed E-state index contributed by atoms with van der Waals surface area (Å²) in [4.78, 5) is 16.5. The first-order valence-electron chi connectivity index (χ1n) is 7.77. The molecule has 0 aliphatic heterocycles. The van der Waals surface area contributed by atoms with E-state index in [0.29, 0.717) is 11.7 Å². The normalized spacial score (nSPS) is 10.6. The summed E-state index contributed by atoms with van der Waals surface area (Å²) in [5.41, 5.74) is 2.92. The molecule has 1 N–H and O–H groups in total. The van der Waals surface area contributed by atoms with Crippen molar-refractivity contribution in [3.8, 4) is 11.3 Å². The Labute approximate surface area is 149 Å². The van der Waals surface area contributed by atoms with Crippen LogP contribution in [0, 0.1) is 5.82 Å². The van der Waals surface area contributed by atoms with Gasteiger partial charge in [0.2, 0.25) is 0 Å². The van der Waals surface area contributed by atoms with Gasteiger partial charge < -0.3 is 4.74 Å². The summed E-state index contributed by atoms with van der Waals surface area (Å²) in [5.74, 6) is -1.06. The minimum Gasteiger partial charge on any atom is -0.384 e. The van der Waals surface area contributed by atoms with E-state index >= 15 is 0 Å². The third-order valence-electron chi connectivity index (χ3n) is 3.69. The molecule has 0 saturated heterocycles. The summed E-state index contributed by atoms with van der Waals surface area (Å²) in [6.07, 6.45) is 0.859. The molecule has 6 heteroatoms. The van der Waals surface area contributed by atoms with Crippen LogP contribution in [0.1, 0.15) is 15.9 Å². The van der Waals surface area contributed by atoms with Crippen molar-refractivity contribution in [3.05, 3.63) is 70.9 Å². The highest BCUT2D eigenvalue weighted by Crippen LogP contribution is 2.25. The maximum absolute atomic E-state index is 13.7. The molecule has 0 aliphatic rings. The van der Waals surface area contributed by atoms with Gasteiger partial charge in [-0.3, -0.25) is 10.1 Å². The molecule has 1 amide bonds. The van der Waals surface area contributed by atoms with E-state index in [1.807, 2.05) is 29.6 Å². The topological polar surface area (TPSA) is 51.2 Å². The molecule has 2 aromatic carbocycles. The molecule has 25 heavy (non-hydrogen) atoms. The monoisotopic (exact) mass is 356 g/mol. The molecule has 0 bridgehead atoms. The van der Waals surface area contributed by atoms with E-state index in [9.17, 15) is 9.18 Å². The number of anilines is 1. The van der Waals surface area contributed by atoms with Gasteiger partial charge in [-0.1, -0.05) is 36.4 Å². The van der Waals surface area contributed by atoms with Gasteiger partial charge in [0.1, 0.15) is 5.82 Å².